The van der Waals surface area contributed by atoms with Gasteiger partial charge >= 0.3 is 5.97 Å². The Labute approximate surface area is 78.2 Å². The van der Waals surface area contributed by atoms with Gasteiger partial charge in [-0.25, -0.2) is 0 Å². The van der Waals surface area contributed by atoms with Crippen LogP contribution in [0.25, 0.3) is 0 Å². The molecule has 1 atom stereocenters. The van der Waals surface area contributed by atoms with E-state index in [4.69, 9.17) is 4.74 Å². The van der Waals surface area contributed by atoms with E-state index in [1.165, 1.54) is 20.0 Å². The molecule has 1 aliphatic heterocycles. The SMILES string of the molecule is COC(=O)C1CN(C2CC2)CCN1. The second-order valence-corrected chi connectivity index (χ2v) is 3.76. The molecular formula is C9H16N2O2. The molecule has 4 nitrogen and oxygen atoms in total. The average molecular weight is 184 g/mol. The first-order chi connectivity index (χ1) is 6.31. The van der Waals surface area contributed by atoms with E-state index in [0.29, 0.717) is 0 Å². The summed E-state index contributed by atoms with van der Waals surface area (Å²) in [4.78, 5) is 13.6. The highest BCUT2D eigenvalue weighted by Gasteiger charge is 2.34. The molecule has 2 aliphatic rings. The topological polar surface area (TPSA) is 41.6 Å². The van der Waals surface area contributed by atoms with Crippen molar-refractivity contribution in [2.24, 2.45) is 0 Å². The number of carbonyl (C=O) groups excluding carboxylic acids is 1. The van der Waals surface area contributed by atoms with Crippen molar-refractivity contribution in [3.63, 3.8) is 0 Å². The Kier molecular flexibility index (Phi) is 2.51. The monoisotopic (exact) mass is 184 g/mol. The van der Waals surface area contributed by atoms with Crippen LogP contribution in [0.1, 0.15) is 12.8 Å². The molecule has 2 fully saturated rings. The van der Waals surface area contributed by atoms with E-state index in [1.54, 1.807) is 0 Å². The van der Waals surface area contributed by atoms with Crippen LogP contribution in [0.2, 0.25) is 0 Å². The van der Waals surface area contributed by atoms with Gasteiger partial charge in [0.2, 0.25) is 0 Å². The number of hydrogen-bond donors (Lipinski definition) is 1. The van der Waals surface area contributed by atoms with E-state index < -0.39 is 0 Å². The molecule has 0 radical (unpaired) electrons. The predicted octanol–water partition coefficient (Wildman–Crippen LogP) is -0.404. The molecule has 1 heterocycles. The molecule has 2 rings (SSSR count). The zero-order chi connectivity index (χ0) is 9.26. The largest absolute Gasteiger partial charge is 0.468 e. The van der Waals surface area contributed by atoms with Crippen LogP contribution >= 0.6 is 0 Å². The lowest BCUT2D eigenvalue weighted by Gasteiger charge is -2.32. The molecule has 74 valence electrons. The van der Waals surface area contributed by atoms with Gasteiger partial charge in [0.25, 0.3) is 0 Å². The van der Waals surface area contributed by atoms with Crippen LogP contribution in [0, 0.1) is 0 Å². The maximum atomic E-state index is 11.2. The molecule has 13 heavy (non-hydrogen) atoms. The summed E-state index contributed by atoms with van der Waals surface area (Å²) in [6.45, 7) is 2.78. The lowest BCUT2D eigenvalue weighted by molar-refractivity contribution is -0.144. The molecular weight excluding hydrogens is 168 g/mol. The second-order valence-electron chi connectivity index (χ2n) is 3.76. The number of rotatable bonds is 2. The van der Waals surface area contributed by atoms with Crippen LogP contribution in [0.3, 0.4) is 0 Å². The van der Waals surface area contributed by atoms with E-state index in [-0.39, 0.29) is 12.0 Å². The minimum Gasteiger partial charge on any atom is -0.468 e. The maximum absolute atomic E-state index is 11.2. The Bertz CT molecular complexity index is 204. The van der Waals surface area contributed by atoms with E-state index in [9.17, 15) is 4.79 Å². The van der Waals surface area contributed by atoms with E-state index in [1.807, 2.05) is 0 Å². The highest BCUT2D eigenvalue weighted by atomic mass is 16.5. The Morgan fingerprint density at radius 2 is 2.31 bits per heavy atom. The highest BCUT2D eigenvalue weighted by Crippen LogP contribution is 2.27. The fourth-order valence-corrected chi connectivity index (χ4v) is 1.84. The third kappa shape index (κ3) is 2.00. The molecule has 1 unspecified atom stereocenters. The number of ether oxygens (including phenoxy) is 1. The zero-order valence-electron chi connectivity index (χ0n) is 7.95. The molecule has 0 amide bonds. The summed E-state index contributed by atoms with van der Waals surface area (Å²) >= 11 is 0. The summed E-state index contributed by atoms with van der Waals surface area (Å²) in [5, 5.41) is 3.17. The average Bonchev–Trinajstić information content (AvgIpc) is 3.00. The van der Waals surface area contributed by atoms with Crippen LogP contribution in [0.5, 0.6) is 0 Å². The van der Waals surface area contributed by atoms with Crippen molar-refractivity contribution in [3.05, 3.63) is 0 Å². The smallest absolute Gasteiger partial charge is 0.324 e. The Morgan fingerprint density at radius 1 is 1.54 bits per heavy atom. The third-order valence-electron chi connectivity index (χ3n) is 2.76. The highest BCUT2D eigenvalue weighted by molar-refractivity contribution is 5.76. The molecule has 1 aliphatic carbocycles. The van der Waals surface area contributed by atoms with Gasteiger partial charge in [-0.15, -0.1) is 0 Å². The number of hydrogen-bond acceptors (Lipinski definition) is 4. The van der Waals surface area contributed by atoms with Gasteiger partial charge in [-0.1, -0.05) is 0 Å². The third-order valence-corrected chi connectivity index (χ3v) is 2.76. The molecule has 0 aromatic carbocycles. The normalized spacial score (nSPS) is 30.1. The molecule has 0 spiro atoms. The van der Waals surface area contributed by atoms with Crippen LogP contribution in [0.15, 0.2) is 0 Å². The number of methoxy groups -OCH3 is 1. The van der Waals surface area contributed by atoms with Crippen molar-refractivity contribution in [2.45, 2.75) is 24.9 Å². The molecule has 1 saturated carbocycles. The van der Waals surface area contributed by atoms with E-state index in [0.717, 1.165) is 25.7 Å². The first kappa shape index (κ1) is 8.97. The van der Waals surface area contributed by atoms with Crippen LogP contribution in [0.4, 0.5) is 0 Å². The number of carbonyl (C=O) groups is 1. The van der Waals surface area contributed by atoms with Gasteiger partial charge < -0.3 is 10.1 Å². The van der Waals surface area contributed by atoms with Crippen molar-refractivity contribution in [1.29, 1.82) is 0 Å². The van der Waals surface area contributed by atoms with E-state index >= 15 is 0 Å². The quantitative estimate of drug-likeness (QED) is 0.593. The van der Waals surface area contributed by atoms with Crippen LogP contribution in [-0.2, 0) is 9.53 Å². The molecule has 1 saturated heterocycles. The van der Waals surface area contributed by atoms with Crippen molar-refractivity contribution in [2.75, 3.05) is 26.7 Å². The van der Waals surface area contributed by atoms with Crippen LogP contribution in [-0.4, -0.2) is 49.7 Å². The Hall–Kier alpha value is -0.610. The summed E-state index contributed by atoms with van der Waals surface area (Å²) in [7, 11) is 1.44. The minimum atomic E-state index is -0.134. The summed E-state index contributed by atoms with van der Waals surface area (Å²) in [6.07, 6.45) is 2.60. The summed E-state index contributed by atoms with van der Waals surface area (Å²) < 4.78 is 4.71. The van der Waals surface area contributed by atoms with Gasteiger partial charge in [0.15, 0.2) is 0 Å². The van der Waals surface area contributed by atoms with Gasteiger partial charge in [0, 0.05) is 25.7 Å². The maximum Gasteiger partial charge on any atom is 0.324 e. The molecule has 4 heteroatoms. The fourth-order valence-electron chi connectivity index (χ4n) is 1.84. The first-order valence-electron chi connectivity index (χ1n) is 4.86. The summed E-state index contributed by atoms with van der Waals surface area (Å²) in [6, 6.07) is 0.633. The first-order valence-corrected chi connectivity index (χ1v) is 4.86. The number of nitrogens with one attached hydrogen (secondary N) is 1. The molecule has 0 aromatic heterocycles. The lowest BCUT2D eigenvalue weighted by atomic mass is 10.2. The van der Waals surface area contributed by atoms with Crippen molar-refractivity contribution in [1.82, 2.24) is 10.2 Å². The van der Waals surface area contributed by atoms with E-state index in [2.05, 4.69) is 10.2 Å². The molecule has 0 bridgehead atoms. The predicted molar refractivity (Wildman–Crippen MR) is 48.4 cm³/mol. The fraction of sp³-hybridized carbons (Fsp3) is 0.889. The van der Waals surface area contributed by atoms with Crippen molar-refractivity contribution < 1.29 is 9.53 Å². The zero-order valence-corrected chi connectivity index (χ0v) is 7.95. The van der Waals surface area contributed by atoms with Gasteiger partial charge in [0.1, 0.15) is 6.04 Å². The van der Waals surface area contributed by atoms with Crippen molar-refractivity contribution >= 4 is 5.97 Å². The van der Waals surface area contributed by atoms with Gasteiger partial charge in [-0.05, 0) is 12.8 Å². The minimum absolute atomic E-state index is 0.112. The van der Waals surface area contributed by atoms with Crippen molar-refractivity contribution in [3.8, 4) is 0 Å². The number of esters is 1. The Morgan fingerprint density at radius 3 is 2.92 bits per heavy atom. The van der Waals surface area contributed by atoms with Crippen LogP contribution < -0.4 is 5.32 Å². The van der Waals surface area contributed by atoms with Gasteiger partial charge in [-0.2, -0.15) is 0 Å². The standard InChI is InChI=1S/C9H16N2O2/c1-13-9(12)8-6-11(5-4-10-8)7-2-3-7/h7-8,10H,2-6H2,1H3. The number of piperazine rings is 1. The van der Waals surface area contributed by atoms with Gasteiger partial charge in [-0.3, -0.25) is 9.69 Å². The molecule has 1 N–H and O–H groups in total. The summed E-state index contributed by atoms with van der Waals surface area (Å²) in [5.41, 5.74) is 0. The van der Waals surface area contributed by atoms with Gasteiger partial charge in [0.05, 0.1) is 7.11 Å². The number of nitrogens with zero attached hydrogens (tertiary/aromatic N) is 1. The molecule has 0 aromatic rings. The summed E-state index contributed by atoms with van der Waals surface area (Å²) in [5.74, 6) is -0.134. The Balaban J connectivity index is 1.87. The lowest BCUT2D eigenvalue weighted by Crippen LogP contribution is -2.55. The second kappa shape index (κ2) is 3.64.